The Hall–Kier alpha value is -1.46. The van der Waals surface area contributed by atoms with Gasteiger partial charge in [-0.25, -0.2) is 4.39 Å². The average molecular weight is 306 g/mol. The topological polar surface area (TPSA) is 32.8 Å². The zero-order chi connectivity index (χ0) is 15.4. The Morgan fingerprint density at radius 3 is 2.50 bits per heavy atom. The van der Waals surface area contributed by atoms with Crippen molar-refractivity contribution in [2.75, 3.05) is 39.4 Å². The molecule has 2 saturated heterocycles. The second-order valence-corrected chi connectivity index (χ2v) is 6.08. The maximum Gasteiger partial charge on any atom is 0.225 e. The maximum absolute atomic E-state index is 13.7. The second-order valence-electron chi connectivity index (χ2n) is 6.08. The van der Waals surface area contributed by atoms with Crippen molar-refractivity contribution in [3.05, 3.63) is 35.6 Å². The Morgan fingerprint density at radius 1 is 1.14 bits per heavy atom. The molecule has 0 atom stereocenters. The van der Waals surface area contributed by atoms with Crippen LogP contribution in [0.15, 0.2) is 24.3 Å². The highest BCUT2D eigenvalue weighted by atomic mass is 19.1. The molecule has 120 valence electrons. The van der Waals surface area contributed by atoms with Gasteiger partial charge in [-0.1, -0.05) is 18.2 Å². The van der Waals surface area contributed by atoms with Crippen LogP contribution in [0.5, 0.6) is 0 Å². The van der Waals surface area contributed by atoms with Crippen molar-refractivity contribution in [2.45, 2.75) is 19.4 Å². The van der Waals surface area contributed by atoms with Crippen molar-refractivity contribution < 1.29 is 13.9 Å². The minimum absolute atomic E-state index is 0.131. The highest BCUT2D eigenvalue weighted by Crippen LogP contribution is 2.19. The number of halogens is 1. The third kappa shape index (κ3) is 3.65. The second kappa shape index (κ2) is 7.20. The number of ether oxygens (including phenoxy) is 1. The van der Waals surface area contributed by atoms with E-state index < -0.39 is 0 Å². The van der Waals surface area contributed by atoms with Crippen LogP contribution in [-0.2, 0) is 16.1 Å². The molecule has 1 amide bonds. The summed E-state index contributed by atoms with van der Waals surface area (Å²) in [6.07, 6.45) is 1.68. The summed E-state index contributed by atoms with van der Waals surface area (Å²) >= 11 is 0. The van der Waals surface area contributed by atoms with Crippen LogP contribution >= 0.6 is 0 Å². The van der Waals surface area contributed by atoms with Crippen molar-refractivity contribution in [1.82, 2.24) is 9.80 Å². The number of piperazine rings is 1. The summed E-state index contributed by atoms with van der Waals surface area (Å²) in [4.78, 5) is 16.6. The van der Waals surface area contributed by atoms with Crippen molar-refractivity contribution in [3.63, 3.8) is 0 Å². The fourth-order valence-corrected chi connectivity index (χ4v) is 3.20. The molecule has 2 heterocycles. The van der Waals surface area contributed by atoms with E-state index in [2.05, 4.69) is 4.90 Å². The van der Waals surface area contributed by atoms with Crippen LogP contribution in [0.3, 0.4) is 0 Å². The molecule has 2 aliphatic rings. The summed E-state index contributed by atoms with van der Waals surface area (Å²) in [5.74, 6) is 0.254. The monoisotopic (exact) mass is 306 g/mol. The number of amides is 1. The van der Waals surface area contributed by atoms with Gasteiger partial charge in [0.1, 0.15) is 5.82 Å². The number of hydrogen-bond donors (Lipinski definition) is 0. The fraction of sp³-hybridized carbons (Fsp3) is 0.588. The molecule has 0 aromatic heterocycles. The Balaban J connectivity index is 1.50. The van der Waals surface area contributed by atoms with Crippen LogP contribution in [0, 0.1) is 11.7 Å². The lowest BCUT2D eigenvalue weighted by molar-refractivity contribution is -0.140. The van der Waals surface area contributed by atoms with Gasteiger partial charge in [-0.2, -0.15) is 0 Å². The molecule has 0 unspecified atom stereocenters. The number of rotatable bonds is 3. The van der Waals surface area contributed by atoms with Crippen molar-refractivity contribution in [2.24, 2.45) is 5.92 Å². The van der Waals surface area contributed by atoms with E-state index in [1.807, 2.05) is 17.0 Å². The first-order valence-corrected chi connectivity index (χ1v) is 8.06. The van der Waals surface area contributed by atoms with Crippen LogP contribution in [0.2, 0.25) is 0 Å². The van der Waals surface area contributed by atoms with E-state index in [0.717, 1.165) is 44.6 Å². The fourth-order valence-electron chi connectivity index (χ4n) is 3.20. The summed E-state index contributed by atoms with van der Waals surface area (Å²) in [5, 5.41) is 0. The standard InChI is InChI=1S/C17H23FN2O2/c18-16-4-2-1-3-15(16)13-19-7-9-20(10-8-19)17(21)14-5-11-22-12-6-14/h1-4,14H,5-13H2. The molecule has 0 N–H and O–H groups in total. The summed E-state index contributed by atoms with van der Waals surface area (Å²) in [5.41, 5.74) is 0.728. The molecule has 5 heteroatoms. The number of carbonyl (C=O) groups is 1. The minimum atomic E-state index is -0.150. The van der Waals surface area contributed by atoms with Crippen LogP contribution in [0.25, 0.3) is 0 Å². The molecule has 1 aromatic carbocycles. The summed E-state index contributed by atoms with van der Waals surface area (Å²) in [6.45, 7) is 5.11. The number of benzene rings is 1. The van der Waals surface area contributed by atoms with Gasteiger partial charge < -0.3 is 9.64 Å². The number of carbonyl (C=O) groups excluding carboxylic acids is 1. The van der Waals surface area contributed by atoms with E-state index in [4.69, 9.17) is 4.74 Å². The van der Waals surface area contributed by atoms with Crippen molar-refractivity contribution >= 4 is 5.91 Å². The minimum Gasteiger partial charge on any atom is -0.381 e. The first-order chi connectivity index (χ1) is 10.7. The molecule has 0 spiro atoms. The van der Waals surface area contributed by atoms with Gasteiger partial charge in [0.2, 0.25) is 5.91 Å². The van der Waals surface area contributed by atoms with Gasteiger partial charge in [0.15, 0.2) is 0 Å². The molecule has 0 bridgehead atoms. The smallest absolute Gasteiger partial charge is 0.225 e. The van der Waals surface area contributed by atoms with E-state index >= 15 is 0 Å². The van der Waals surface area contributed by atoms with Crippen LogP contribution in [-0.4, -0.2) is 55.1 Å². The van der Waals surface area contributed by atoms with Gasteiger partial charge >= 0.3 is 0 Å². The first-order valence-electron chi connectivity index (χ1n) is 8.06. The Bertz CT molecular complexity index is 509. The van der Waals surface area contributed by atoms with Gasteiger partial charge in [0.25, 0.3) is 0 Å². The third-order valence-electron chi connectivity index (χ3n) is 4.61. The van der Waals surface area contributed by atoms with Gasteiger partial charge in [-0.3, -0.25) is 9.69 Å². The molecule has 1 aromatic rings. The van der Waals surface area contributed by atoms with E-state index in [-0.39, 0.29) is 17.6 Å². The van der Waals surface area contributed by atoms with Crippen molar-refractivity contribution in [3.8, 4) is 0 Å². The molecule has 4 nitrogen and oxygen atoms in total. The molecular weight excluding hydrogens is 283 g/mol. The molecule has 3 rings (SSSR count). The molecule has 2 fully saturated rings. The summed E-state index contributed by atoms with van der Waals surface area (Å²) in [6, 6.07) is 6.90. The number of hydrogen-bond acceptors (Lipinski definition) is 3. The largest absolute Gasteiger partial charge is 0.381 e. The van der Waals surface area contributed by atoms with E-state index in [0.29, 0.717) is 19.8 Å². The highest BCUT2D eigenvalue weighted by molar-refractivity contribution is 5.79. The average Bonchev–Trinajstić information content (AvgIpc) is 2.58. The van der Waals surface area contributed by atoms with E-state index in [1.54, 1.807) is 6.07 Å². The highest BCUT2D eigenvalue weighted by Gasteiger charge is 2.28. The first kappa shape index (κ1) is 15.4. The van der Waals surface area contributed by atoms with E-state index in [1.165, 1.54) is 6.07 Å². The molecule has 2 aliphatic heterocycles. The molecule has 0 radical (unpaired) electrons. The summed E-state index contributed by atoms with van der Waals surface area (Å²) < 4.78 is 19.0. The zero-order valence-electron chi connectivity index (χ0n) is 12.8. The lowest BCUT2D eigenvalue weighted by Gasteiger charge is -2.37. The normalized spacial score (nSPS) is 21.0. The molecule has 22 heavy (non-hydrogen) atoms. The summed E-state index contributed by atoms with van der Waals surface area (Å²) in [7, 11) is 0. The van der Waals surface area contributed by atoms with Crippen LogP contribution in [0.4, 0.5) is 4.39 Å². The van der Waals surface area contributed by atoms with Gasteiger partial charge in [-0.05, 0) is 18.9 Å². The van der Waals surface area contributed by atoms with Gasteiger partial charge in [0.05, 0.1) is 0 Å². The van der Waals surface area contributed by atoms with Crippen LogP contribution in [0.1, 0.15) is 18.4 Å². The molecular formula is C17H23FN2O2. The maximum atomic E-state index is 13.7. The lowest BCUT2D eigenvalue weighted by Crippen LogP contribution is -2.50. The number of nitrogens with zero attached hydrogens (tertiary/aromatic N) is 2. The molecule has 0 saturated carbocycles. The zero-order valence-corrected chi connectivity index (χ0v) is 12.8. The van der Waals surface area contributed by atoms with E-state index in [9.17, 15) is 9.18 Å². The van der Waals surface area contributed by atoms with Crippen molar-refractivity contribution in [1.29, 1.82) is 0 Å². The lowest BCUT2D eigenvalue weighted by atomic mass is 9.98. The Kier molecular flexibility index (Phi) is 5.05. The molecule has 0 aliphatic carbocycles. The predicted molar refractivity (Wildman–Crippen MR) is 81.8 cm³/mol. The van der Waals surface area contributed by atoms with Gasteiger partial charge in [-0.15, -0.1) is 0 Å². The third-order valence-corrected chi connectivity index (χ3v) is 4.61. The van der Waals surface area contributed by atoms with Crippen LogP contribution < -0.4 is 0 Å². The SMILES string of the molecule is O=C(C1CCOCC1)N1CCN(Cc2ccccc2F)CC1. The Morgan fingerprint density at radius 2 is 1.82 bits per heavy atom. The quantitative estimate of drug-likeness (QED) is 0.855. The predicted octanol–water partition coefficient (Wildman–Crippen LogP) is 1.90. The Labute approximate surface area is 130 Å². The van der Waals surface area contributed by atoms with Gasteiger partial charge in [0, 0.05) is 57.4 Å².